The molecule has 7 atom stereocenters. The topological polar surface area (TPSA) is 72.8 Å². The fraction of sp³-hybridized carbons (Fsp3) is 0.727. The lowest BCUT2D eigenvalue weighted by Gasteiger charge is -2.58. The van der Waals surface area contributed by atoms with Crippen molar-refractivity contribution in [2.24, 2.45) is 28.6 Å². The van der Waals surface area contributed by atoms with E-state index in [9.17, 15) is 14.7 Å². The summed E-state index contributed by atoms with van der Waals surface area (Å²) in [5.41, 5.74) is 0.688. The number of rotatable bonds is 2. The molecule has 0 unspecified atom stereocenters. The third-order valence-electron chi connectivity index (χ3n) is 7.91. The Bertz CT molecular complexity index is 709. The molecule has 4 rings (SSSR count). The molecular weight excluding hydrogens is 344 g/mol. The third-order valence-corrected chi connectivity index (χ3v) is 7.91. The molecule has 148 valence electrons. The van der Waals surface area contributed by atoms with Gasteiger partial charge in [-0.1, -0.05) is 25.5 Å². The van der Waals surface area contributed by atoms with E-state index >= 15 is 0 Å². The van der Waals surface area contributed by atoms with Crippen molar-refractivity contribution < 1.29 is 24.2 Å². The summed E-state index contributed by atoms with van der Waals surface area (Å²) in [6.45, 7) is 6.41. The zero-order valence-electron chi connectivity index (χ0n) is 16.4. The van der Waals surface area contributed by atoms with Gasteiger partial charge in [-0.25, -0.2) is 4.79 Å². The second-order valence-corrected chi connectivity index (χ2v) is 9.17. The van der Waals surface area contributed by atoms with E-state index in [0.29, 0.717) is 24.9 Å². The van der Waals surface area contributed by atoms with Crippen LogP contribution in [0.1, 0.15) is 52.9 Å². The lowest BCUT2D eigenvalue weighted by atomic mass is 9.47. The molecule has 0 heterocycles. The smallest absolute Gasteiger partial charge is 0.435 e. The molecule has 5 heteroatoms. The molecular formula is C22H30O5. The standard InChI is InChI=1S/C22H30O5/c1-4-26-20(25)27-18-8-7-16-15-6-5-13-11-14(23)9-10-21(13,2)19(15)17(24)12-22(16,18)3/h9-11,15-19,24H,4-8,12H2,1-3H3/t15-,16-,17-,18+,19+,21-,22-/m0/s1. The van der Waals surface area contributed by atoms with Gasteiger partial charge in [0.1, 0.15) is 6.10 Å². The van der Waals surface area contributed by atoms with Crippen molar-refractivity contribution in [2.45, 2.75) is 65.1 Å². The van der Waals surface area contributed by atoms with Crippen LogP contribution in [0.4, 0.5) is 4.79 Å². The average Bonchev–Trinajstić information content (AvgIpc) is 2.91. The summed E-state index contributed by atoms with van der Waals surface area (Å²) >= 11 is 0. The molecule has 0 radical (unpaired) electrons. The first kappa shape index (κ1) is 18.7. The molecule has 0 spiro atoms. The Morgan fingerprint density at radius 3 is 2.81 bits per heavy atom. The summed E-state index contributed by atoms with van der Waals surface area (Å²) in [5, 5.41) is 11.2. The second-order valence-electron chi connectivity index (χ2n) is 9.17. The first-order valence-corrected chi connectivity index (χ1v) is 10.3. The lowest BCUT2D eigenvalue weighted by molar-refractivity contribution is -0.134. The van der Waals surface area contributed by atoms with Gasteiger partial charge in [-0.2, -0.15) is 0 Å². The van der Waals surface area contributed by atoms with Crippen molar-refractivity contribution in [2.75, 3.05) is 6.61 Å². The van der Waals surface area contributed by atoms with Crippen LogP contribution in [-0.4, -0.2) is 35.9 Å². The Balaban J connectivity index is 1.62. The van der Waals surface area contributed by atoms with Gasteiger partial charge in [0.05, 0.1) is 12.7 Å². The highest BCUT2D eigenvalue weighted by atomic mass is 16.7. The average molecular weight is 374 g/mol. The van der Waals surface area contributed by atoms with E-state index in [2.05, 4.69) is 13.8 Å². The van der Waals surface area contributed by atoms with Gasteiger partial charge in [0.25, 0.3) is 0 Å². The van der Waals surface area contributed by atoms with Crippen LogP contribution in [0, 0.1) is 28.6 Å². The molecule has 0 aromatic carbocycles. The van der Waals surface area contributed by atoms with Gasteiger partial charge in [0.15, 0.2) is 5.78 Å². The van der Waals surface area contributed by atoms with Crippen molar-refractivity contribution in [3.05, 3.63) is 23.8 Å². The SMILES string of the molecule is CCOC(=O)O[C@@H]1CC[C@H]2[C@@H]3CCC4=CC(=O)C=C[C@]4(C)[C@H]3[C@@H](O)C[C@]12C. The predicted octanol–water partition coefficient (Wildman–Crippen LogP) is 3.81. The van der Waals surface area contributed by atoms with Gasteiger partial charge in [-0.3, -0.25) is 4.79 Å². The number of carbonyl (C=O) groups is 2. The summed E-state index contributed by atoms with van der Waals surface area (Å²) < 4.78 is 10.6. The highest BCUT2D eigenvalue weighted by Crippen LogP contribution is 2.64. The minimum Gasteiger partial charge on any atom is -0.435 e. The maximum Gasteiger partial charge on any atom is 0.508 e. The lowest BCUT2D eigenvalue weighted by Crippen LogP contribution is -2.56. The summed E-state index contributed by atoms with van der Waals surface area (Å²) in [6, 6.07) is 0. The van der Waals surface area contributed by atoms with Crippen LogP contribution in [-0.2, 0) is 14.3 Å². The van der Waals surface area contributed by atoms with Crippen LogP contribution in [0.3, 0.4) is 0 Å². The Morgan fingerprint density at radius 1 is 1.30 bits per heavy atom. The Morgan fingerprint density at radius 2 is 2.07 bits per heavy atom. The van der Waals surface area contributed by atoms with Crippen LogP contribution in [0.2, 0.25) is 0 Å². The van der Waals surface area contributed by atoms with E-state index in [1.54, 1.807) is 19.1 Å². The fourth-order valence-electron chi connectivity index (χ4n) is 6.74. The number of allylic oxidation sites excluding steroid dienone is 4. The van der Waals surface area contributed by atoms with E-state index in [4.69, 9.17) is 9.47 Å². The fourth-order valence-corrected chi connectivity index (χ4v) is 6.74. The normalized spacial score (nSPS) is 45.4. The van der Waals surface area contributed by atoms with Crippen LogP contribution < -0.4 is 0 Å². The zero-order valence-corrected chi connectivity index (χ0v) is 16.4. The van der Waals surface area contributed by atoms with E-state index in [1.807, 2.05) is 6.08 Å². The number of fused-ring (bicyclic) bond motifs is 5. The zero-order chi connectivity index (χ0) is 19.4. The summed E-state index contributed by atoms with van der Waals surface area (Å²) in [5.74, 6) is 0.949. The summed E-state index contributed by atoms with van der Waals surface area (Å²) in [4.78, 5) is 23.7. The molecule has 0 amide bonds. The number of aliphatic hydroxyl groups excluding tert-OH is 1. The second kappa shape index (κ2) is 6.47. The van der Waals surface area contributed by atoms with Gasteiger partial charge in [0, 0.05) is 16.7 Å². The highest BCUT2D eigenvalue weighted by molar-refractivity contribution is 6.01. The monoisotopic (exact) mass is 374 g/mol. The van der Waals surface area contributed by atoms with Crippen LogP contribution in [0.25, 0.3) is 0 Å². The highest BCUT2D eigenvalue weighted by Gasteiger charge is 2.62. The van der Waals surface area contributed by atoms with Gasteiger partial charge in [0.2, 0.25) is 0 Å². The molecule has 5 nitrogen and oxygen atoms in total. The predicted molar refractivity (Wildman–Crippen MR) is 99.9 cm³/mol. The molecule has 0 saturated heterocycles. The molecule has 1 N–H and O–H groups in total. The maximum absolute atomic E-state index is 11.9. The molecule has 3 saturated carbocycles. The van der Waals surface area contributed by atoms with E-state index in [-0.39, 0.29) is 28.6 Å². The first-order chi connectivity index (χ1) is 12.8. The third kappa shape index (κ3) is 2.77. The molecule has 0 aromatic heterocycles. The van der Waals surface area contributed by atoms with Gasteiger partial charge < -0.3 is 14.6 Å². The maximum atomic E-state index is 11.9. The summed E-state index contributed by atoms with van der Waals surface area (Å²) in [6.07, 6.45) is 8.51. The largest absolute Gasteiger partial charge is 0.508 e. The molecule has 0 aromatic rings. The van der Waals surface area contributed by atoms with Crippen LogP contribution >= 0.6 is 0 Å². The molecule has 27 heavy (non-hydrogen) atoms. The van der Waals surface area contributed by atoms with Crippen molar-refractivity contribution in [3.8, 4) is 0 Å². The van der Waals surface area contributed by atoms with Crippen molar-refractivity contribution in [3.63, 3.8) is 0 Å². The van der Waals surface area contributed by atoms with E-state index < -0.39 is 12.3 Å². The Labute approximate surface area is 160 Å². The number of hydrogen-bond donors (Lipinski definition) is 1. The van der Waals surface area contributed by atoms with Crippen molar-refractivity contribution in [1.29, 1.82) is 0 Å². The number of ketones is 1. The minimum atomic E-state index is -0.601. The molecule has 3 fully saturated rings. The van der Waals surface area contributed by atoms with Crippen LogP contribution in [0.15, 0.2) is 23.8 Å². The van der Waals surface area contributed by atoms with Crippen LogP contribution in [0.5, 0.6) is 0 Å². The molecule has 0 bridgehead atoms. The van der Waals surface area contributed by atoms with E-state index in [0.717, 1.165) is 31.3 Å². The molecule has 4 aliphatic rings. The Kier molecular flexibility index (Phi) is 4.49. The first-order valence-electron chi connectivity index (χ1n) is 10.3. The quantitative estimate of drug-likeness (QED) is 0.744. The molecule has 4 aliphatic carbocycles. The van der Waals surface area contributed by atoms with Gasteiger partial charge in [-0.15, -0.1) is 0 Å². The number of hydrogen-bond acceptors (Lipinski definition) is 5. The van der Waals surface area contributed by atoms with Gasteiger partial charge >= 0.3 is 6.16 Å². The summed E-state index contributed by atoms with van der Waals surface area (Å²) in [7, 11) is 0. The van der Waals surface area contributed by atoms with E-state index in [1.165, 1.54) is 0 Å². The number of ether oxygens (including phenoxy) is 2. The van der Waals surface area contributed by atoms with Crippen molar-refractivity contribution >= 4 is 11.9 Å². The van der Waals surface area contributed by atoms with Crippen molar-refractivity contribution in [1.82, 2.24) is 0 Å². The molecule has 0 aliphatic heterocycles. The minimum absolute atomic E-state index is 0.0554. The number of carbonyl (C=O) groups excluding carboxylic acids is 2. The number of aliphatic hydroxyl groups is 1. The Hall–Kier alpha value is -1.62. The van der Waals surface area contributed by atoms with Gasteiger partial charge in [-0.05, 0) is 63.0 Å².